The van der Waals surface area contributed by atoms with Crippen LogP contribution in [-0.2, 0) is 14.3 Å². The number of nitrogens with two attached hydrogens (primary N) is 1. The minimum Gasteiger partial charge on any atom is -0.481 e. The van der Waals surface area contributed by atoms with Gasteiger partial charge in [0.05, 0.1) is 0 Å². The lowest BCUT2D eigenvalue weighted by Gasteiger charge is -2.16. The highest BCUT2D eigenvalue weighted by molar-refractivity contribution is 5.77. The fourth-order valence-electron chi connectivity index (χ4n) is 5.98. The third-order valence-corrected chi connectivity index (χ3v) is 8.43. The Bertz CT molecular complexity index is 780. The summed E-state index contributed by atoms with van der Waals surface area (Å²) in [6.07, 6.45) is 30.1. The molecule has 1 aromatic rings. The SMILES string of the molecule is C1CC2CCC(C1)C2.CCCCCC/C=C\CCCCCCCCCC(=O)OCC(C(=O)O)c1ccccc1.CN. The van der Waals surface area contributed by atoms with E-state index in [1.807, 2.05) is 6.07 Å². The van der Waals surface area contributed by atoms with Crippen molar-refractivity contribution in [3.05, 3.63) is 48.0 Å². The second-order valence-electron chi connectivity index (χ2n) is 11.8. The fraction of sp³-hybridized carbons (Fsp3) is 0.722. The summed E-state index contributed by atoms with van der Waals surface area (Å²) in [7, 11) is 1.50. The number of ether oxygens (including phenoxy) is 1. The minimum absolute atomic E-state index is 0.106. The van der Waals surface area contributed by atoms with Crippen molar-refractivity contribution in [3.63, 3.8) is 0 Å². The molecule has 3 N–H and O–H groups in total. The van der Waals surface area contributed by atoms with Gasteiger partial charge in [0.2, 0.25) is 0 Å². The number of allylic oxidation sites excluding steroid dienone is 2. The van der Waals surface area contributed by atoms with E-state index in [4.69, 9.17) is 4.74 Å². The van der Waals surface area contributed by atoms with Gasteiger partial charge in [0.25, 0.3) is 0 Å². The normalized spacial score (nSPS) is 18.1. The zero-order valence-electron chi connectivity index (χ0n) is 26.4. The van der Waals surface area contributed by atoms with Gasteiger partial charge in [0.15, 0.2) is 0 Å². The van der Waals surface area contributed by atoms with Gasteiger partial charge < -0.3 is 15.6 Å². The molecule has 5 heteroatoms. The third-order valence-electron chi connectivity index (χ3n) is 8.43. The lowest BCUT2D eigenvalue weighted by molar-refractivity contribution is -0.148. The maximum absolute atomic E-state index is 11.9. The largest absolute Gasteiger partial charge is 0.481 e. The first-order valence-corrected chi connectivity index (χ1v) is 16.8. The van der Waals surface area contributed by atoms with Gasteiger partial charge in [-0.2, -0.15) is 0 Å². The number of unbranched alkanes of at least 4 members (excludes halogenated alkanes) is 11. The van der Waals surface area contributed by atoms with E-state index in [9.17, 15) is 14.7 Å². The molecule has 5 nitrogen and oxygen atoms in total. The standard InChI is InChI=1S/C27H42O4.C8H14.CH5N/c1-2-3-4-5-6-7-8-9-10-11-12-13-14-15-19-22-26(28)31-23-25(27(29)30)24-20-17-16-18-21-24;1-2-7-4-5-8(3-1)6-7;1-2/h7-8,16-18,20-21,25H,2-6,9-15,19,22-23H2,1H3,(H,29,30);7-8H,1-6H2;2H2,1H3/b8-7-;;. The van der Waals surface area contributed by atoms with Crippen molar-refractivity contribution >= 4 is 11.9 Å². The average Bonchev–Trinajstić information content (AvgIpc) is 3.33. The Kier molecular flexibility index (Phi) is 23.0. The van der Waals surface area contributed by atoms with Gasteiger partial charge in [-0.25, -0.2) is 0 Å². The van der Waals surface area contributed by atoms with Crippen LogP contribution in [0.5, 0.6) is 0 Å². The summed E-state index contributed by atoms with van der Waals surface area (Å²) in [6, 6.07) is 8.91. The second-order valence-corrected chi connectivity index (χ2v) is 11.8. The molecule has 1 aromatic carbocycles. The molecule has 0 heterocycles. The first kappa shape index (κ1) is 36.9. The van der Waals surface area contributed by atoms with E-state index in [1.54, 1.807) is 56.4 Å². The number of hydrogen-bond acceptors (Lipinski definition) is 4. The van der Waals surface area contributed by atoms with E-state index in [0.717, 1.165) is 31.1 Å². The number of carbonyl (C=O) groups excluding carboxylic acids is 1. The quantitative estimate of drug-likeness (QED) is 0.0980. The van der Waals surface area contributed by atoms with E-state index < -0.39 is 11.9 Å². The molecule has 3 rings (SSSR count). The molecule has 2 bridgehead atoms. The maximum Gasteiger partial charge on any atom is 0.314 e. The average molecular weight is 572 g/mol. The van der Waals surface area contributed by atoms with Gasteiger partial charge in [-0.15, -0.1) is 0 Å². The van der Waals surface area contributed by atoms with Gasteiger partial charge >= 0.3 is 11.9 Å². The predicted molar refractivity (Wildman–Crippen MR) is 172 cm³/mol. The van der Waals surface area contributed by atoms with E-state index in [1.165, 1.54) is 77.7 Å². The number of hydrogen-bond donors (Lipinski definition) is 2. The Morgan fingerprint density at radius 3 is 1.90 bits per heavy atom. The molecule has 2 aliphatic carbocycles. The Labute approximate surface area is 251 Å². The highest BCUT2D eigenvalue weighted by Gasteiger charge is 2.27. The van der Waals surface area contributed by atoms with Crippen LogP contribution in [0.4, 0.5) is 0 Å². The Morgan fingerprint density at radius 1 is 0.829 bits per heavy atom. The number of carboxylic acids is 1. The molecule has 3 unspecified atom stereocenters. The summed E-state index contributed by atoms with van der Waals surface area (Å²) in [4.78, 5) is 23.3. The molecule has 0 aromatic heterocycles. The number of esters is 1. The van der Waals surface area contributed by atoms with Gasteiger partial charge in [-0.3, -0.25) is 9.59 Å². The van der Waals surface area contributed by atoms with E-state index >= 15 is 0 Å². The molecule has 0 spiro atoms. The van der Waals surface area contributed by atoms with Crippen LogP contribution in [0.25, 0.3) is 0 Å². The topological polar surface area (TPSA) is 89.6 Å². The van der Waals surface area contributed by atoms with Crippen LogP contribution in [0.3, 0.4) is 0 Å². The lowest BCUT2D eigenvalue weighted by atomic mass is 9.89. The van der Waals surface area contributed by atoms with Crippen molar-refractivity contribution in [1.29, 1.82) is 0 Å². The summed E-state index contributed by atoms with van der Waals surface area (Å²) in [6.45, 7) is 2.14. The molecular formula is C36H61NO4. The van der Waals surface area contributed by atoms with Crippen molar-refractivity contribution in [2.45, 2.75) is 141 Å². The molecule has 41 heavy (non-hydrogen) atoms. The van der Waals surface area contributed by atoms with Crippen molar-refractivity contribution in [1.82, 2.24) is 0 Å². The first-order chi connectivity index (χ1) is 20.1. The van der Waals surface area contributed by atoms with Crippen LogP contribution in [-0.4, -0.2) is 30.7 Å². The number of carboxylic acid groups (broad SMARTS) is 1. The number of benzene rings is 1. The number of rotatable bonds is 19. The fourth-order valence-corrected chi connectivity index (χ4v) is 5.98. The smallest absolute Gasteiger partial charge is 0.314 e. The van der Waals surface area contributed by atoms with E-state index in [0.29, 0.717) is 12.0 Å². The number of aliphatic carboxylic acids is 1. The van der Waals surface area contributed by atoms with Gasteiger partial charge in [0.1, 0.15) is 12.5 Å². The Balaban J connectivity index is 0.000000697. The van der Waals surface area contributed by atoms with E-state index in [-0.39, 0.29) is 12.6 Å². The van der Waals surface area contributed by atoms with Crippen LogP contribution >= 0.6 is 0 Å². The first-order valence-electron chi connectivity index (χ1n) is 16.8. The molecule has 0 radical (unpaired) electrons. The highest BCUT2D eigenvalue weighted by atomic mass is 16.5. The highest BCUT2D eigenvalue weighted by Crippen LogP contribution is 2.41. The van der Waals surface area contributed by atoms with Crippen LogP contribution in [0, 0.1) is 11.8 Å². The Hall–Kier alpha value is -2.14. The van der Waals surface area contributed by atoms with Crippen molar-refractivity contribution in [2.75, 3.05) is 13.7 Å². The molecular weight excluding hydrogens is 510 g/mol. The van der Waals surface area contributed by atoms with Crippen molar-refractivity contribution in [3.8, 4) is 0 Å². The van der Waals surface area contributed by atoms with Gasteiger partial charge in [-0.05, 0) is 63.0 Å². The van der Waals surface area contributed by atoms with Gasteiger partial charge in [0, 0.05) is 6.42 Å². The van der Waals surface area contributed by atoms with Crippen LogP contribution in [0.2, 0.25) is 0 Å². The predicted octanol–water partition coefficient (Wildman–Crippen LogP) is 9.60. The molecule has 2 aliphatic rings. The lowest BCUT2D eigenvalue weighted by Crippen LogP contribution is -2.20. The summed E-state index contributed by atoms with van der Waals surface area (Å²) in [5.41, 5.74) is 5.16. The zero-order chi connectivity index (χ0) is 30.0. The van der Waals surface area contributed by atoms with Crippen LogP contribution in [0.15, 0.2) is 42.5 Å². The Morgan fingerprint density at radius 2 is 1.37 bits per heavy atom. The number of carbonyl (C=O) groups is 2. The second kappa shape index (κ2) is 25.6. The van der Waals surface area contributed by atoms with Crippen LogP contribution in [0.1, 0.15) is 147 Å². The molecule has 0 aliphatic heterocycles. The maximum atomic E-state index is 11.9. The molecule has 0 saturated heterocycles. The van der Waals surface area contributed by atoms with Gasteiger partial charge in [-0.1, -0.05) is 133 Å². The summed E-state index contributed by atoms with van der Waals surface area (Å²) in [5, 5.41) is 9.36. The summed E-state index contributed by atoms with van der Waals surface area (Å²) < 4.78 is 5.21. The van der Waals surface area contributed by atoms with Crippen molar-refractivity contribution in [2.24, 2.45) is 17.6 Å². The number of fused-ring (bicyclic) bond motifs is 2. The third kappa shape index (κ3) is 18.8. The zero-order valence-corrected chi connectivity index (χ0v) is 26.4. The summed E-state index contributed by atoms with van der Waals surface area (Å²) in [5.74, 6) is 0.244. The molecule has 0 amide bonds. The van der Waals surface area contributed by atoms with E-state index in [2.05, 4.69) is 24.8 Å². The van der Waals surface area contributed by atoms with Crippen LogP contribution < -0.4 is 5.73 Å². The summed E-state index contributed by atoms with van der Waals surface area (Å²) >= 11 is 0. The minimum atomic E-state index is -0.971. The molecule has 2 saturated carbocycles. The molecule has 234 valence electrons. The monoisotopic (exact) mass is 571 g/mol. The van der Waals surface area contributed by atoms with Crippen molar-refractivity contribution < 1.29 is 19.4 Å². The molecule has 2 fully saturated rings. The molecule has 3 atom stereocenters.